The second-order valence-corrected chi connectivity index (χ2v) is 17.1. The van der Waals surface area contributed by atoms with Gasteiger partial charge in [-0.1, -0.05) is 208 Å². The minimum Gasteiger partial charge on any atom is -0.310 e. The molecule has 2 aliphatic rings. The Kier molecular flexibility index (Phi) is 9.62. The predicted octanol–water partition coefficient (Wildman–Crippen LogP) is 16.4. The number of hydrogen-bond donors (Lipinski definition) is 0. The van der Waals surface area contributed by atoms with Crippen LogP contribution >= 0.6 is 0 Å². The van der Waals surface area contributed by atoms with Crippen LogP contribution in [0, 0.1) is 0 Å². The van der Waals surface area contributed by atoms with Gasteiger partial charge in [-0.05, 0) is 133 Å². The molecule has 0 amide bonds. The number of anilines is 3. The Morgan fingerprint density at radius 1 is 0.349 bits per heavy atom. The van der Waals surface area contributed by atoms with Crippen LogP contribution in [-0.2, 0) is 10.8 Å². The Labute approximate surface area is 372 Å². The molecule has 0 bridgehead atoms. The van der Waals surface area contributed by atoms with E-state index in [1.807, 2.05) is 0 Å². The monoisotopic (exact) mass is 807 g/mol. The first-order valence-electron chi connectivity index (χ1n) is 22.5. The van der Waals surface area contributed by atoms with E-state index < -0.39 is 5.41 Å². The van der Waals surface area contributed by atoms with Crippen molar-refractivity contribution in [3.63, 3.8) is 0 Å². The van der Waals surface area contributed by atoms with E-state index in [2.05, 4.69) is 255 Å². The molecule has 9 aromatic carbocycles. The summed E-state index contributed by atoms with van der Waals surface area (Å²) in [5, 5.41) is 0. The smallest absolute Gasteiger partial charge is 0.0713 e. The van der Waals surface area contributed by atoms with Crippen LogP contribution < -0.4 is 4.90 Å². The molecule has 0 fully saturated rings. The molecule has 0 unspecified atom stereocenters. The highest BCUT2D eigenvalue weighted by atomic mass is 15.1. The molecule has 1 nitrogen and oxygen atoms in total. The van der Waals surface area contributed by atoms with E-state index in [-0.39, 0.29) is 5.41 Å². The molecule has 2 aliphatic carbocycles. The van der Waals surface area contributed by atoms with Gasteiger partial charge in [-0.3, -0.25) is 0 Å². The SMILES string of the molecule is CCC1(CC)c2cc(/C=C/c3ccc(-c4ccc5c(c4)C(c4ccccc4)(c4ccccc4)c4ccccc4-5)cc3)ccc2-c2ccc(N(c3ccccc3)c3ccccc3)cc21. The fourth-order valence-electron chi connectivity index (χ4n) is 11.0. The summed E-state index contributed by atoms with van der Waals surface area (Å²) >= 11 is 0. The molecule has 63 heavy (non-hydrogen) atoms. The summed E-state index contributed by atoms with van der Waals surface area (Å²) in [7, 11) is 0. The Hall–Kier alpha value is -7.48. The average Bonchev–Trinajstić information content (AvgIpc) is 3.81. The molecule has 1 heteroatoms. The van der Waals surface area contributed by atoms with Crippen molar-refractivity contribution in [1.29, 1.82) is 0 Å². The minimum absolute atomic E-state index is 0.0684. The molecule has 0 N–H and O–H groups in total. The van der Waals surface area contributed by atoms with Gasteiger partial charge < -0.3 is 4.90 Å². The summed E-state index contributed by atoms with van der Waals surface area (Å²) in [6.07, 6.45) is 6.61. The largest absolute Gasteiger partial charge is 0.310 e. The van der Waals surface area contributed by atoms with Gasteiger partial charge in [0.25, 0.3) is 0 Å². The van der Waals surface area contributed by atoms with E-state index in [4.69, 9.17) is 0 Å². The van der Waals surface area contributed by atoms with Gasteiger partial charge in [0.05, 0.1) is 5.41 Å². The van der Waals surface area contributed by atoms with Gasteiger partial charge >= 0.3 is 0 Å². The molecule has 11 rings (SSSR count). The van der Waals surface area contributed by atoms with Crippen molar-refractivity contribution < 1.29 is 0 Å². The normalized spacial score (nSPS) is 13.9. The molecule has 0 aromatic heterocycles. The summed E-state index contributed by atoms with van der Waals surface area (Å²) in [5.74, 6) is 0. The number of nitrogens with zero attached hydrogens (tertiary/aromatic N) is 1. The topological polar surface area (TPSA) is 3.24 Å². The third kappa shape index (κ3) is 6.22. The van der Waals surface area contributed by atoms with Crippen molar-refractivity contribution >= 4 is 29.2 Å². The minimum atomic E-state index is -0.412. The van der Waals surface area contributed by atoms with Crippen molar-refractivity contribution in [2.75, 3.05) is 4.90 Å². The van der Waals surface area contributed by atoms with Crippen LogP contribution in [0.3, 0.4) is 0 Å². The first-order valence-corrected chi connectivity index (χ1v) is 22.5. The Morgan fingerprint density at radius 3 is 1.43 bits per heavy atom. The zero-order valence-electron chi connectivity index (χ0n) is 35.9. The highest BCUT2D eigenvalue weighted by Gasteiger charge is 2.46. The van der Waals surface area contributed by atoms with Gasteiger partial charge in [-0.15, -0.1) is 0 Å². The lowest BCUT2D eigenvalue weighted by atomic mass is 9.67. The molecule has 0 atom stereocenters. The Balaban J connectivity index is 0.911. The third-order valence-corrected chi connectivity index (χ3v) is 14.0. The second-order valence-electron chi connectivity index (χ2n) is 17.1. The van der Waals surface area contributed by atoms with Crippen LogP contribution in [0.25, 0.3) is 45.5 Å². The summed E-state index contributed by atoms with van der Waals surface area (Å²) in [5.41, 5.74) is 21.3. The lowest BCUT2D eigenvalue weighted by Crippen LogP contribution is -2.28. The second kappa shape index (κ2) is 15.8. The van der Waals surface area contributed by atoms with E-state index >= 15 is 0 Å². The summed E-state index contributed by atoms with van der Waals surface area (Å²) in [6, 6.07) is 82.9. The van der Waals surface area contributed by atoms with Gasteiger partial charge in [0.15, 0.2) is 0 Å². The first-order chi connectivity index (χ1) is 31.1. The van der Waals surface area contributed by atoms with E-state index in [9.17, 15) is 0 Å². The van der Waals surface area contributed by atoms with Crippen molar-refractivity contribution in [3.05, 3.63) is 269 Å². The average molecular weight is 808 g/mol. The van der Waals surface area contributed by atoms with Crippen LogP contribution in [0.15, 0.2) is 224 Å². The fourth-order valence-corrected chi connectivity index (χ4v) is 11.0. The molecule has 0 aliphatic heterocycles. The van der Waals surface area contributed by atoms with Crippen LogP contribution in [0.4, 0.5) is 17.1 Å². The fraction of sp³-hybridized carbons (Fsp3) is 0.0968. The van der Waals surface area contributed by atoms with Crippen LogP contribution in [0.2, 0.25) is 0 Å². The lowest BCUT2D eigenvalue weighted by molar-refractivity contribution is 0.490. The van der Waals surface area contributed by atoms with E-state index in [0.29, 0.717) is 0 Å². The Bertz CT molecular complexity index is 3030. The summed E-state index contributed by atoms with van der Waals surface area (Å²) in [6.45, 7) is 4.71. The predicted molar refractivity (Wildman–Crippen MR) is 266 cm³/mol. The maximum absolute atomic E-state index is 2.46. The summed E-state index contributed by atoms with van der Waals surface area (Å²) in [4.78, 5) is 2.38. The number of rotatable bonds is 10. The molecule has 0 spiro atoms. The van der Waals surface area contributed by atoms with Gasteiger partial charge in [0.1, 0.15) is 0 Å². The van der Waals surface area contributed by atoms with E-state index in [1.165, 1.54) is 83.6 Å². The zero-order chi connectivity index (χ0) is 42.4. The zero-order valence-corrected chi connectivity index (χ0v) is 35.9. The molecule has 0 saturated carbocycles. The molecule has 0 saturated heterocycles. The van der Waals surface area contributed by atoms with Crippen LogP contribution in [-0.4, -0.2) is 0 Å². The first kappa shape index (κ1) is 38.4. The van der Waals surface area contributed by atoms with Crippen LogP contribution in [0.5, 0.6) is 0 Å². The number of para-hydroxylation sites is 2. The number of benzene rings is 9. The third-order valence-electron chi connectivity index (χ3n) is 14.0. The molecule has 0 heterocycles. The lowest BCUT2D eigenvalue weighted by Gasteiger charge is -2.34. The highest BCUT2D eigenvalue weighted by Crippen LogP contribution is 2.57. The van der Waals surface area contributed by atoms with Crippen molar-refractivity contribution in [1.82, 2.24) is 0 Å². The van der Waals surface area contributed by atoms with E-state index in [0.717, 1.165) is 24.2 Å². The Morgan fingerprint density at radius 2 is 0.810 bits per heavy atom. The molecule has 302 valence electrons. The molecular formula is C62H49N. The highest BCUT2D eigenvalue weighted by molar-refractivity contribution is 5.90. The van der Waals surface area contributed by atoms with Crippen LogP contribution in [0.1, 0.15) is 71.2 Å². The summed E-state index contributed by atoms with van der Waals surface area (Å²) < 4.78 is 0. The van der Waals surface area contributed by atoms with Crippen molar-refractivity contribution in [3.8, 4) is 33.4 Å². The number of fused-ring (bicyclic) bond motifs is 6. The maximum atomic E-state index is 2.46. The quantitative estimate of drug-likeness (QED) is 0.124. The van der Waals surface area contributed by atoms with Crippen molar-refractivity contribution in [2.24, 2.45) is 0 Å². The van der Waals surface area contributed by atoms with Crippen molar-refractivity contribution in [2.45, 2.75) is 37.5 Å². The standard InChI is InChI=1S/C62H49N/c1-3-61(4-2)58-41-45(33-38-54(58)55-40-37-52(43-59(55)61)63(50-23-13-7-14-24-50)51-25-15-8-16-26-51)30-29-44-31-34-46(35-32-44)47-36-39-56-53-27-17-18-28-57(53)62(60(56)42-47,48-19-9-5-10-20-48)49-21-11-6-12-22-49/h5-43H,3-4H2,1-2H3/b30-29+. The van der Waals surface area contributed by atoms with Gasteiger partial charge in [0.2, 0.25) is 0 Å². The number of hydrogen-bond acceptors (Lipinski definition) is 1. The van der Waals surface area contributed by atoms with Gasteiger partial charge in [-0.2, -0.15) is 0 Å². The molecule has 9 aromatic rings. The van der Waals surface area contributed by atoms with E-state index in [1.54, 1.807) is 0 Å². The van der Waals surface area contributed by atoms with Gasteiger partial charge in [0, 0.05) is 22.5 Å². The maximum Gasteiger partial charge on any atom is 0.0713 e. The molecule has 0 radical (unpaired) electrons. The molecular weight excluding hydrogens is 759 g/mol. The van der Waals surface area contributed by atoms with Gasteiger partial charge in [-0.25, -0.2) is 0 Å².